The quantitative estimate of drug-likeness (QED) is 0.697. The fraction of sp³-hybridized carbons (Fsp3) is 0.364. The first-order valence-electron chi connectivity index (χ1n) is 9.63. The van der Waals surface area contributed by atoms with Crippen LogP contribution < -0.4 is 4.90 Å². The molecule has 2 aliphatic heterocycles. The van der Waals surface area contributed by atoms with Crippen molar-refractivity contribution in [1.29, 1.82) is 0 Å². The number of hydrogen-bond donors (Lipinski definition) is 0. The molecule has 0 N–H and O–H groups in total. The van der Waals surface area contributed by atoms with E-state index in [0.717, 1.165) is 60.5 Å². The molecule has 0 unspecified atom stereocenters. The number of anilines is 1. The van der Waals surface area contributed by atoms with Gasteiger partial charge in [-0.15, -0.1) is 0 Å². The van der Waals surface area contributed by atoms with Crippen molar-refractivity contribution >= 4 is 40.1 Å². The number of nitrogens with zero attached hydrogens (tertiary/aromatic N) is 3. The normalized spacial score (nSPS) is 17.1. The number of morpholine rings is 1. The molecule has 0 saturated carbocycles. The van der Waals surface area contributed by atoms with Gasteiger partial charge >= 0.3 is 0 Å². The molecule has 6 heteroatoms. The molecule has 2 heterocycles. The maximum atomic E-state index is 5.79. The van der Waals surface area contributed by atoms with Crippen LogP contribution in [0.1, 0.15) is 11.1 Å². The van der Waals surface area contributed by atoms with Gasteiger partial charge in [-0.3, -0.25) is 4.90 Å². The minimum absolute atomic E-state index is 0.811. The predicted molar refractivity (Wildman–Crippen MR) is 124 cm³/mol. The fourth-order valence-electron chi connectivity index (χ4n) is 3.69. The highest BCUT2D eigenvalue weighted by atomic mass is 32.1. The highest BCUT2D eigenvalue weighted by Gasteiger charge is 2.29. The first-order chi connectivity index (χ1) is 13.5. The van der Waals surface area contributed by atoms with E-state index in [1.54, 1.807) is 0 Å². The van der Waals surface area contributed by atoms with E-state index in [1.165, 1.54) is 16.8 Å². The van der Waals surface area contributed by atoms with E-state index in [9.17, 15) is 0 Å². The molecular weight excluding hydrogens is 386 g/mol. The first-order valence-corrected chi connectivity index (χ1v) is 10.4. The summed E-state index contributed by atoms with van der Waals surface area (Å²) in [6, 6.07) is 15.0. The van der Waals surface area contributed by atoms with Crippen LogP contribution in [0.3, 0.4) is 0 Å². The second kappa shape index (κ2) is 8.25. The fourth-order valence-corrected chi connectivity index (χ4v) is 4.46. The number of rotatable bonds is 5. The molecule has 0 aliphatic carbocycles. The molecule has 146 valence electrons. The number of hydrogen-bond acceptors (Lipinski definition) is 5. The van der Waals surface area contributed by atoms with Crippen LogP contribution in [0.25, 0.3) is 11.1 Å². The zero-order valence-electron chi connectivity index (χ0n) is 16.4. The topological polar surface area (TPSA) is 19.0 Å². The Labute approximate surface area is 177 Å². The standard InChI is InChI=1S/C22H25N3OS2/c1-23(2)18-6-3-16(4-7-18)17-5-8-19-20(15-17)22(28)25(21(19)27)10-9-24-11-13-26-14-12-24/h3-8,15H,9-14H2,1-2H3. The minimum Gasteiger partial charge on any atom is -0.379 e. The second-order valence-electron chi connectivity index (χ2n) is 7.42. The largest absolute Gasteiger partial charge is 0.379 e. The Morgan fingerprint density at radius 1 is 0.857 bits per heavy atom. The summed E-state index contributed by atoms with van der Waals surface area (Å²) in [7, 11) is 4.10. The maximum Gasteiger partial charge on any atom is 0.115 e. The third kappa shape index (κ3) is 3.82. The van der Waals surface area contributed by atoms with Crippen molar-refractivity contribution in [2.24, 2.45) is 0 Å². The van der Waals surface area contributed by atoms with E-state index in [4.69, 9.17) is 29.2 Å². The molecule has 0 spiro atoms. The van der Waals surface area contributed by atoms with Gasteiger partial charge in [0.2, 0.25) is 0 Å². The van der Waals surface area contributed by atoms with E-state index >= 15 is 0 Å². The molecule has 2 aromatic carbocycles. The molecule has 0 atom stereocenters. The number of ether oxygens (including phenoxy) is 1. The van der Waals surface area contributed by atoms with Crippen molar-refractivity contribution in [3.05, 3.63) is 53.6 Å². The van der Waals surface area contributed by atoms with Crippen LogP contribution in [0.2, 0.25) is 0 Å². The Hall–Kier alpha value is -1.86. The molecule has 0 bridgehead atoms. The molecule has 0 aromatic heterocycles. The Kier molecular flexibility index (Phi) is 5.73. The molecule has 2 aromatic rings. The number of thiocarbonyl (C=S) groups is 2. The smallest absolute Gasteiger partial charge is 0.115 e. The average Bonchev–Trinajstić information content (AvgIpc) is 2.97. The summed E-state index contributed by atoms with van der Waals surface area (Å²) in [5, 5.41) is 0. The summed E-state index contributed by atoms with van der Waals surface area (Å²) in [6.45, 7) is 5.37. The van der Waals surface area contributed by atoms with Gasteiger partial charge in [0.05, 0.1) is 13.2 Å². The minimum atomic E-state index is 0.811. The molecule has 2 aliphatic rings. The Morgan fingerprint density at radius 2 is 1.50 bits per heavy atom. The SMILES string of the molecule is CN(C)c1ccc(-c2ccc3c(c2)C(=S)N(CCN2CCOCC2)C3=S)cc1. The van der Waals surface area contributed by atoms with Gasteiger partial charge in [0.1, 0.15) is 9.98 Å². The van der Waals surface area contributed by atoms with Crippen LogP contribution in [-0.2, 0) is 4.74 Å². The van der Waals surface area contributed by atoms with E-state index in [-0.39, 0.29) is 0 Å². The van der Waals surface area contributed by atoms with E-state index in [1.807, 2.05) is 0 Å². The van der Waals surface area contributed by atoms with Gasteiger partial charge < -0.3 is 14.5 Å². The summed E-state index contributed by atoms with van der Waals surface area (Å²) in [6.07, 6.45) is 0. The van der Waals surface area contributed by atoms with Crippen molar-refractivity contribution in [3.8, 4) is 11.1 Å². The van der Waals surface area contributed by atoms with Crippen molar-refractivity contribution in [3.63, 3.8) is 0 Å². The van der Waals surface area contributed by atoms with Crippen LogP contribution in [0, 0.1) is 0 Å². The van der Waals surface area contributed by atoms with Crippen molar-refractivity contribution in [2.75, 3.05) is 58.4 Å². The lowest BCUT2D eigenvalue weighted by atomic mass is 10.0. The first kappa shape index (κ1) is 19.5. The summed E-state index contributed by atoms with van der Waals surface area (Å²) in [5.74, 6) is 0. The third-order valence-electron chi connectivity index (χ3n) is 5.43. The monoisotopic (exact) mass is 411 g/mol. The zero-order valence-corrected chi connectivity index (χ0v) is 18.0. The van der Waals surface area contributed by atoms with Gasteiger partial charge in [-0.1, -0.05) is 48.7 Å². The highest BCUT2D eigenvalue weighted by Crippen LogP contribution is 2.30. The van der Waals surface area contributed by atoms with Crippen LogP contribution in [-0.4, -0.2) is 73.3 Å². The van der Waals surface area contributed by atoms with Gasteiger partial charge in [-0.25, -0.2) is 0 Å². The van der Waals surface area contributed by atoms with E-state index < -0.39 is 0 Å². The van der Waals surface area contributed by atoms with Crippen molar-refractivity contribution in [1.82, 2.24) is 9.80 Å². The van der Waals surface area contributed by atoms with Gasteiger partial charge in [0.15, 0.2) is 0 Å². The predicted octanol–water partition coefficient (Wildman–Crippen LogP) is 3.42. The molecule has 0 amide bonds. The second-order valence-corrected chi connectivity index (χ2v) is 8.19. The van der Waals surface area contributed by atoms with Gasteiger partial charge in [-0.05, 0) is 29.3 Å². The summed E-state index contributed by atoms with van der Waals surface area (Å²) in [5.41, 5.74) is 5.71. The lowest BCUT2D eigenvalue weighted by Gasteiger charge is -2.29. The lowest BCUT2D eigenvalue weighted by Crippen LogP contribution is -2.42. The number of fused-ring (bicyclic) bond motifs is 1. The molecule has 4 nitrogen and oxygen atoms in total. The number of benzene rings is 2. The zero-order chi connectivity index (χ0) is 19.7. The van der Waals surface area contributed by atoms with E-state index in [2.05, 4.69) is 71.3 Å². The third-order valence-corrected chi connectivity index (χ3v) is 6.31. The summed E-state index contributed by atoms with van der Waals surface area (Å²) in [4.78, 5) is 8.33. The Balaban J connectivity index is 1.51. The van der Waals surface area contributed by atoms with Crippen LogP contribution >= 0.6 is 24.4 Å². The molecule has 4 rings (SSSR count). The maximum absolute atomic E-state index is 5.79. The molecule has 1 saturated heterocycles. The highest BCUT2D eigenvalue weighted by molar-refractivity contribution is 7.82. The van der Waals surface area contributed by atoms with Crippen molar-refractivity contribution in [2.45, 2.75) is 0 Å². The van der Waals surface area contributed by atoms with Crippen LogP contribution in [0.15, 0.2) is 42.5 Å². The van der Waals surface area contributed by atoms with Crippen LogP contribution in [0.5, 0.6) is 0 Å². The van der Waals surface area contributed by atoms with Crippen molar-refractivity contribution < 1.29 is 4.74 Å². The van der Waals surface area contributed by atoms with E-state index in [0.29, 0.717) is 0 Å². The van der Waals surface area contributed by atoms with Gasteiger partial charge in [-0.2, -0.15) is 0 Å². The summed E-state index contributed by atoms with van der Waals surface area (Å²) < 4.78 is 5.43. The lowest BCUT2D eigenvalue weighted by molar-refractivity contribution is 0.0374. The van der Waals surface area contributed by atoms with Gasteiger partial charge in [0, 0.05) is 57.1 Å². The molecule has 0 radical (unpaired) electrons. The average molecular weight is 412 g/mol. The summed E-state index contributed by atoms with van der Waals surface area (Å²) >= 11 is 11.5. The Bertz CT molecular complexity index is 889. The van der Waals surface area contributed by atoms with Gasteiger partial charge in [0.25, 0.3) is 0 Å². The molecular formula is C22H25N3OS2. The van der Waals surface area contributed by atoms with Crippen LogP contribution in [0.4, 0.5) is 5.69 Å². The Morgan fingerprint density at radius 3 is 2.18 bits per heavy atom. The molecule has 1 fully saturated rings. The molecule has 28 heavy (non-hydrogen) atoms.